The number of carbonyl (C=O) groups is 2. The Kier molecular flexibility index (Phi) is 6.25. The molecule has 132 valence electrons. The van der Waals surface area contributed by atoms with Crippen LogP contribution in [0.3, 0.4) is 0 Å². The van der Waals surface area contributed by atoms with Gasteiger partial charge >= 0.3 is 6.03 Å². The van der Waals surface area contributed by atoms with Crippen molar-refractivity contribution in [1.29, 1.82) is 0 Å². The van der Waals surface area contributed by atoms with Gasteiger partial charge in [0, 0.05) is 17.3 Å². The van der Waals surface area contributed by atoms with E-state index in [0.717, 1.165) is 11.1 Å². The molecule has 0 spiro atoms. The fourth-order valence-electron chi connectivity index (χ4n) is 2.46. The third-order valence-electron chi connectivity index (χ3n) is 3.82. The summed E-state index contributed by atoms with van der Waals surface area (Å²) in [7, 11) is 0. The number of hydrogen-bond acceptors (Lipinski definition) is 3. The maximum atomic E-state index is 13.7. The Morgan fingerprint density at radius 3 is 2.52 bits per heavy atom. The van der Waals surface area contributed by atoms with Gasteiger partial charge in [-0.25, -0.2) is 9.18 Å². The highest BCUT2D eigenvalue weighted by Crippen LogP contribution is 2.16. The van der Waals surface area contributed by atoms with Gasteiger partial charge in [-0.05, 0) is 38.5 Å². The first-order chi connectivity index (χ1) is 11.9. The topological polar surface area (TPSA) is 70.2 Å². The van der Waals surface area contributed by atoms with Crippen molar-refractivity contribution in [3.8, 4) is 0 Å². The molecule has 0 aliphatic rings. The maximum absolute atomic E-state index is 13.7. The van der Waals surface area contributed by atoms with Crippen molar-refractivity contribution < 1.29 is 14.0 Å². The maximum Gasteiger partial charge on any atom is 0.325 e. The standard InChI is InChI=1S/C19H22FN3O2/c1-12-8-9-17(13(2)10-12)22-19(25)23-18(24)11-21-14(3)15-6-4-5-7-16(15)20/h4-10,14,21H,11H2,1-3H3,(H2,22,23,24,25). The molecule has 5 nitrogen and oxygen atoms in total. The molecule has 0 saturated carbocycles. The third-order valence-corrected chi connectivity index (χ3v) is 3.82. The molecule has 2 aromatic carbocycles. The Labute approximate surface area is 146 Å². The van der Waals surface area contributed by atoms with Crippen LogP contribution in [0, 0.1) is 19.7 Å². The van der Waals surface area contributed by atoms with E-state index in [1.165, 1.54) is 6.07 Å². The van der Waals surface area contributed by atoms with Gasteiger partial charge in [-0.3, -0.25) is 10.1 Å². The number of carbonyl (C=O) groups excluding carboxylic acids is 2. The molecule has 0 fully saturated rings. The summed E-state index contributed by atoms with van der Waals surface area (Å²) in [5, 5.41) is 7.78. The van der Waals surface area contributed by atoms with Crippen LogP contribution in [0.1, 0.15) is 29.7 Å². The summed E-state index contributed by atoms with van der Waals surface area (Å²) in [6.45, 7) is 5.49. The number of urea groups is 1. The minimum atomic E-state index is -0.600. The summed E-state index contributed by atoms with van der Waals surface area (Å²) in [6.07, 6.45) is 0. The molecular weight excluding hydrogens is 321 g/mol. The molecular formula is C19H22FN3O2. The number of rotatable bonds is 5. The SMILES string of the molecule is Cc1ccc(NC(=O)NC(=O)CNC(C)c2ccccc2F)c(C)c1. The lowest BCUT2D eigenvalue weighted by Gasteiger charge is -2.15. The lowest BCUT2D eigenvalue weighted by Crippen LogP contribution is -2.40. The van der Waals surface area contributed by atoms with E-state index in [-0.39, 0.29) is 18.4 Å². The molecule has 25 heavy (non-hydrogen) atoms. The van der Waals surface area contributed by atoms with Crippen molar-refractivity contribution in [2.75, 3.05) is 11.9 Å². The van der Waals surface area contributed by atoms with Crippen LogP contribution >= 0.6 is 0 Å². The first kappa shape index (κ1) is 18.6. The van der Waals surface area contributed by atoms with E-state index in [0.29, 0.717) is 11.3 Å². The van der Waals surface area contributed by atoms with Crippen LogP contribution in [-0.2, 0) is 4.79 Å². The van der Waals surface area contributed by atoms with Crippen LogP contribution in [0.2, 0.25) is 0 Å². The fraction of sp³-hybridized carbons (Fsp3) is 0.263. The molecule has 0 heterocycles. The van der Waals surface area contributed by atoms with Crippen molar-refractivity contribution in [2.24, 2.45) is 0 Å². The monoisotopic (exact) mass is 343 g/mol. The van der Waals surface area contributed by atoms with Crippen LogP contribution in [-0.4, -0.2) is 18.5 Å². The van der Waals surface area contributed by atoms with Crippen molar-refractivity contribution in [3.63, 3.8) is 0 Å². The number of amides is 3. The van der Waals surface area contributed by atoms with Crippen molar-refractivity contribution >= 4 is 17.6 Å². The molecule has 1 atom stereocenters. The first-order valence-electron chi connectivity index (χ1n) is 8.02. The van der Waals surface area contributed by atoms with Gasteiger partial charge in [0.15, 0.2) is 0 Å². The van der Waals surface area contributed by atoms with Gasteiger partial charge in [-0.15, -0.1) is 0 Å². The highest BCUT2D eigenvalue weighted by atomic mass is 19.1. The van der Waals surface area contributed by atoms with Crippen LogP contribution in [0.25, 0.3) is 0 Å². The van der Waals surface area contributed by atoms with Gasteiger partial charge in [0.05, 0.1) is 6.54 Å². The van der Waals surface area contributed by atoms with E-state index in [4.69, 9.17) is 0 Å². The smallest absolute Gasteiger partial charge is 0.307 e. The molecule has 0 bridgehead atoms. The zero-order valence-corrected chi connectivity index (χ0v) is 14.5. The second kappa shape index (κ2) is 8.39. The fourth-order valence-corrected chi connectivity index (χ4v) is 2.46. The number of anilines is 1. The lowest BCUT2D eigenvalue weighted by atomic mass is 10.1. The number of benzene rings is 2. The van der Waals surface area contributed by atoms with E-state index in [1.807, 2.05) is 26.0 Å². The molecule has 3 amide bonds. The van der Waals surface area contributed by atoms with E-state index >= 15 is 0 Å². The van der Waals surface area contributed by atoms with Gasteiger partial charge in [0.1, 0.15) is 5.82 Å². The minimum Gasteiger partial charge on any atom is -0.307 e. The molecule has 3 N–H and O–H groups in total. The highest BCUT2D eigenvalue weighted by Gasteiger charge is 2.13. The second-order valence-corrected chi connectivity index (χ2v) is 5.94. The molecule has 0 saturated heterocycles. The van der Waals surface area contributed by atoms with Gasteiger partial charge < -0.3 is 10.6 Å². The second-order valence-electron chi connectivity index (χ2n) is 5.94. The predicted molar refractivity (Wildman–Crippen MR) is 95.9 cm³/mol. The summed E-state index contributed by atoms with van der Waals surface area (Å²) >= 11 is 0. The summed E-state index contributed by atoms with van der Waals surface area (Å²) in [4.78, 5) is 23.8. The Hall–Kier alpha value is -2.73. The first-order valence-corrected chi connectivity index (χ1v) is 8.02. The molecule has 0 aliphatic carbocycles. The molecule has 1 unspecified atom stereocenters. The summed E-state index contributed by atoms with van der Waals surface area (Å²) in [5.74, 6) is -0.832. The Morgan fingerprint density at radius 2 is 1.84 bits per heavy atom. The molecule has 2 rings (SSSR count). The van der Waals surface area contributed by atoms with E-state index < -0.39 is 11.9 Å². The highest BCUT2D eigenvalue weighted by molar-refractivity contribution is 6.02. The third kappa shape index (κ3) is 5.39. The van der Waals surface area contributed by atoms with E-state index in [1.54, 1.807) is 31.2 Å². The summed E-state index contributed by atoms with van der Waals surface area (Å²) in [6, 6.07) is 11.0. The zero-order valence-electron chi connectivity index (χ0n) is 14.5. The minimum absolute atomic E-state index is 0.101. The van der Waals surface area contributed by atoms with E-state index in [2.05, 4.69) is 16.0 Å². The molecule has 0 radical (unpaired) electrons. The van der Waals surface area contributed by atoms with Crippen molar-refractivity contribution in [3.05, 3.63) is 65.0 Å². The average molecular weight is 343 g/mol. The summed E-state index contributed by atoms with van der Waals surface area (Å²) < 4.78 is 13.7. The lowest BCUT2D eigenvalue weighted by molar-refractivity contribution is -0.119. The van der Waals surface area contributed by atoms with E-state index in [9.17, 15) is 14.0 Å². The zero-order chi connectivity index (χ0) is 18.4. The number of nitrogens with one attached hydrogen (secondary N) is 3. The van der Waals surface area contributed by atoms with Crippen molar-refractivity contribution in [1.82, 2.24) is 10.6 Å². The summed E-state index contributed by atoms with van der Waals surface area (Å²) in [5.41, 5.74) is 3.11. The van der Waals surface area contributed by atoms with Gasteiger partial charge in [-0.2, -0.15) is 0 Å². The molecule has 0 aliphatic heterocycles. The molecule has 2 aromatic rings. The molecule has 6 heteroatoms. The Balaban J connectivity index is 1.83. The van der Waals surface area contributed by atoms with Gasteiger partial charge in [-0.1, -0.05) is 35.9 Å². The number of aryl methyl sites for hydroxylation is 2. The Morgan fingerprint density at radius 1 is 1.12 bits per heavy atom. The Bertz CT molecular complexity index is 777. The average Bonchev–Trinajstić information content (AvgIpc) is 2.55. The number of halogens is 1. The van der Waals surface area contributed by atoms with Gasteiger partial charge in [0.25, 0.3) is 0 Å². The molecule has 0 aromatic heterocycles. The number of hydrogen-bond donors (Lipinski definition) is 3. The van der Waals surface area contributed by atoms with Crippen LogP contribution < -0.4 is 16.0 Å². The van der Waals surface area contributed by atoms with Crippen LogP contribution in [0.15, 0.2) is 42.5 Å². The van der Waals surface area contributed by atoms with Crippen LogP contribution in [0.4, 0.5) is 14.9 Å². The number of imide groups is 1. The predicted octanol–water partition coefficient (Wildman–Crippen LogP) is 3.44. The normalized spacial score (nSPS) is 11.7. The van der Waals surface area contributed by atoms with Crippen molar-refractivity contribution in [2.45, 2.75) is 26.8 Å². The van der Waals surface area contributed by atoms with Gasteiger partial charge in [0.2, 0.25) is 5.91 Å². The largest absolute Gasteiger partial charge is 0.325 e. The van der Waals surface area contributed by atoms with Crippen LogP contribution in [0.5, 0.6) is 0 Å². The quantitative estimate of drug-likeness (QED) is 0.779.